The van der Waals surface area contributed by atoms with E-state index >= 15 is 0 Å². The molecule has 0 saturated heterocycles. The number of carbonyl (C=O) groups excluding carboxylic acids is 1. The molecule has 0 aliphatic rings. The summed E-state index contributed by atoms with van der Waals surface area (Å²) in [6.07, 6.45) is 4.43. The van der Waals surface area contributed by atoms with Crippen molar-refractivity contribution in [3.05, 3.63) is 93.0 Å². The number of nitrogens with zero attached hydrogens (tertiary/aromatic N) is 5. The van der Waals surface area contributed by atoms with Gasteiger partial charge >= 0.3 is 0 Å². The van der Waals surface area contributed by atoms with Gasteiger partial charge in [-0.25, -0.2) is 8.78 Å². The normalized spacial score (nSPS) is 11.2. The topological polar surface area (TPSA) is 88.5 Å². The highest BCUT2D eigenvalue weighted by atomic mass is 35.5. The highest BCUT2D eigenvalue weighted by molar-refractivity contribution is 6.35. The minimum atomic E-state index is -0.600. The first-order valence-electron chi connectivity index (χ1n) is 10.7. The van der Waals surface area contributed by atoms with E-state index in [4.69, 9.17) is 23.2 Å². The summed E-state index contributed by atoms with van der Waals surface area (Å²) in [6, 6.07) is 9.43. The van der Waals surface area contributed by atoms with Crippen LogP contribution in [0.3, 0.4) is 0 Å². The van der Waals surface area contributed by atoms with Gasteiger partial charge in [0, 0.05) is 48.5 Å². The fraction of sp³-hybridized carbons (Fsp3) is 0.120. The maximum atomic E-state index is 14.6. The predicted octanol–water partition coefficient (Wildman–Crippen LogP) is 5.36. The highest BCUT2D eigenvalue weighted by Crippen LogP contribution is 2.28. The molecule has 0 saturated carbocycles. The zero-order valence-corrected chi connectivity index (χ0v) is 20.2. The van der Waals surface area contributed by atoms with Crippen molar-refractivity contribution in [3.63, 3.8) is 0 Å². The van der Waals surface area contributed by atoms with E-state index < -0.39 is 17.5 Å². The van der Waals surface area contributed by atoms with Crippen LogP contribution in [0, 0.1) is 23.0 Å². The standard InChI is InChI=1S/C25H16Cl2F2N6O/c1-34-12-19(27)17-5-15(20(28)6-23(17)34)8-32-25(36)18-11-35(33-22(18)7-30)10-13-2-14-4-16(26)9-31-24(14)21(29)3-13/h2-6,9,11-12H,8,10H2,1H3,(H,32,36). The maximum absolute atomic E-state index is 14.6. The number of nitriles is 1. The van der Waals surface area contributed by atoms with Crippen LogP contribution in [0.5, 0.6) is 0 Å². The number of aromatic nitrogens is 4. The minimum Gasteiger partial charge on any atom is -0.349 e. The lowest BCUT2D eigenvalue weighted by Gasteiger charge is -2.07. The Morgan fingerprint density at radius 1 is 1.14 bits per heavy atom. The van der Waals surface area contributed by atoms with Crippen LogP contribution in [0.4, 0.5) is 8.78 Å². The van der Waals surface area contributed by atoms with Crippen LogP contribution >= 0.6 is 23.2 Å². The molecule has 0 spiro atoms. The van der Waals surface area contributed by atoms with Crippen molar-refractivity contribution in [2.75, 3.05) is 0 Å². The monoisotopic (exact) mass is 524 g/mol. The van der Waals surface area contributed by atoms with Crippen molar-refractivity contribution in [1.82, 2.24) is 24.6 Å². The fourth-order valence-electron chi connectivity index (χ4n) is 4.07. The van der Waals surface area contributed by atoms with Crippen molar-refractivity contribution in [2.45, 2.75) is 13.1 Å². The molecule has 1 amide bonds. The van der Waals surface area contributed by atoms with Gasteiger partial charge in [0.05, 0.1) is 27.7 Å². The Bertz CT molecular complexity index is 1720. The van der Waals surface area contributed by atoms with E-state index in [0.29, 0.717) is 31.9 Å². The van der Waals surface area contributed by atoms with E-state index in [1.807, 2.05) is 6.07 Å². The zero-order chi connectivity index (χ0) is 25.6. The SMILES string of the molecule is Cn1cc(Cl)c2cc(CNC(=O)c3cn(Cc4cc(F)c5ncc(Cl)cc5c4)nc3C#N)c(F)cc21. The number of halogens is 4. The number of rotatable bonds is 5. The first-order valence-corrected chi connectivity index (χ1v) is 11.4. The summed E-state index contributed by atoms with van der Waals surface area (Å²) >= 11 is 12.2. The quantitative estimate of drug-likeness (QED) is 0.335. The van der Waals surface area contributed by atoms with Gasteiger partial charge in [-0.2, -0.15) is 10.4 Å². The molecular formula is C25H16Cl2F2N6O. The van der Waals surface area contributed by atoms with Crippen LogP contribution < -0.4 is 5.32 Å². The molecule has 0 bridgehead atoms. The molecular weight excluding hydrogens is 509 g/mol. The molecule has 0 unspecified atom stereocenters. The number of fused-ring (bicyclic) bond motifs is 2. The third-order valence-electron chi connectivity index (χ3n) is 5.77. The molecule has 0 radical (unpaired) electrons. The first-order chi connectivity index (χ1) is 17.2. The lowest BCUT2D eigenvalue weighted by molar-refractivity contribution is 0.0950. The molecule has 36 heavy (non-hydrogen) atoms. The summed E-state index contributed by atoms with van der Waals surface area (Å²) in [5.74, 6) is -1.62. The Morgan fingerprint density at radius 3 is 2.72 bits per heavy atom. The van der Waals surface area contributed by atoms with Gasteiger partial charge in [0.15, 0.2) is 5.69 Å². The average Bonchev–Trinajstić information content (AvgIpc) is 3.36. The van der Waals surface area contributed by atoms with E-state index in [1.165, 1.54) is 29.2 Å². The van der Waals surface area contributed by atoms with Crippen LogP contribution in [0.25, 0.3) is 21.8 Å². The second-order valence-corrected chi connectivity index (χ2v) is 9.08. The summed E-state index contributed by atoms with van der Waals surface area (Å²) in [5.41, 5.74) is 1.50. The van der Waals surface area contributed by atoms with Crippen molar-refractivity contribution in [2.24, 2.45) is 7.05 Å². The van der Waals surface area contributed by atoms with E-state index in [1.54, 1.807) is 36.0 Å². The number of nitrogens with one attached hydrogen (secondary N) is 1. The molecule has 3 heterocycles. The molecule has 2 aromatic carbocycles. The Kier molecular flexibility index (Phi) is 6.08. The largest absolute Gasteiger partial charge is 0.349 e. The third kappa shape index (κ3) is 4.37. The predicted molar refractivity (Wildman–Crippen MR) is 132 cm³/mol. The second-order valence-electron chi connectivity index (χ2n) is 8.24. The van der Waals surface area contributed by atoms with Crippen LogP contribution in [-0.2, 0) is 20.1 Å². The fourth-order valence-corrected chi connectivity index (χ4v) is 4.54. The molecule has 5 aromatic rings. The Hall–Kier alpha value is -4.00. The smallest absolute Gasteiger partial charge is 0.256 e. The van der Waals surface area contributed by atoms with Gasteiger partial charge in [-0.3, -0.25) is 14.5 Å². The lowest BCUT2D eigenvalue weighted by Crippen LogP contribution is -2.23. The van der Waals surface area contributed by atoms with Crippen molar-refractivity contribution in [3.8, 4) is 6.07 Å². The van der Waals surface area contributed by atoms with Crippen molar-refractivity contribution >= 4 is 50.9 Å². The van der Waals surface area contributed by atoms with Gasteiger partial charge in [-0.1, -0.05) is 23.2 Å². The number of benzene rings is 2. The summed E-state index contributed by atoms with van der Waals surface area (Å²) in [5, 5.41) is 18.3. The Balaban J connectivity index is 1.37. The molecule has 1 N–H and O–H groups in total. The number of hydrogen-bond donors (Lipinski definition) is 1. The molecule has 0 fully saturated rings. The van der Waals surface area contributed by atoms with Gasteiger partial charge in [0.1, 0.15) is 23.2 Å². The van der Waals surface area contributed by atoms with Crippen molar-refractivity contribution < 1.29 is 13.6 Å². The van der Waals surface area contributed by atoms with Crippen molar-refractivity contribution in [1.29, 1.82) is 5.26 Å². The summed E-state index contributed by atoms with van der Waals surface area (Å²) in [6.45, 7) is -0.0232. The van der Waals surface area contributed by atoms with Crippen LogP contribution in [0.15, 0.2) is 48.9 Å². The van der Waals surface area contributed by atoms with E-state index in [2.05, 4.69) is 15.4 Å². The van der Waals surface area contributed by atoms with Gasteiger partial charge in [0.25, 0.3) is 5.91 Å². The van der Waals surface area contributed by atoms with Gasteiger partial charge in [-0.05, 0) is 35.9 Å². The molecule has 7 nitrogen and oxygen atoms in total. The summed E-state index contributed by atoms with van der Waals surface area (Å²) in [4.78, 5) is 16.8. The van der Waals surface area contributed by atoms with Gasteiger partial charge in [-0.15, -0.1) is 0 Å². The molecule has 0 aliphatic heterocycles. The van der Waals surface area contributed by atoms with Crippen LogP contribution in [0.1, 0.15) is 27.2 Å². The summed E-state index contributed by atoms with van der Waals surface area (Å²) in [7, 11) is 1.76. The molecule has 5 rings (SSSR count). The van der Waals surface area contributed by atoms with Gasteiger partial charge < -0.3 is 9.88 Å². The maximum Gasteiger partial charge on any atom is 0.256 e. The third-order valence-corrected chi connectivity index (χ3v) is 6.28. The van der Waals surface area contributed by atoms with E-state index in [0.717, 1.165) is 0 Å². The number of amides is 1. The van der Waals surface area contributed by atoms with E-state index in [-0.39, 0.29) is 35.4 Å². The molecule has 3 aromatic heterocycles. The number of aryl methyl sites for hydroxylation is 1. The zero-order valence-electron chi connectivity index (χ0n) is 18.7. The first kappa shape index (κ1) is 23.7. The molecule has 0 aliphatic carbocycles. The number of pyridine rings is 1. The summed E-state index contributed by atoms with van der Waals surface area (Å²) < 4.78 is 32.2. The minimum absolute atomic E-state index is 0.0164. The molecule has 180 valence electrons. The Labute approximate surface area is 213 Å². The lowest BCUT2D eigenvalue weighted by atomic mass is 10.1. The molecule has 11 heteroatoms. The second kappa shape index (κ2) is 9.22. The number of hydrogen-bond acceptors (Lipinski definition) is 4. The van der Waals surface area contributed by atoms with E-state index in [9.17, 15) is 18.8 Å². The highest BCUT2D eigenvalue weighted by Gasteiger charge is 2.18. The Morgan fingerprint density at radius 2 is 1.94 bits per heavy atom. The average molecular weight is 525 g/mol. The number of carbonyl (C=O) groups is 1. The van der Waals surface area contributed by atoms with Crippen LogP contribution in [-0.4, -0.2) is 25.2 Å². The van der Waals surface area contributed by atoms with Gasteiger partial charge in [0.2, 0.25) is 0 Å². The molecule has 0 atom stereocenters. The van der Waals surface area contributed by atoms with Crippen LogP contribution in [0.2, 0.25) is 10.0 Å².